The van der Waals surface area contributed by atoms with Crippen LogP contribution in [0, 0.1) is 12.7 Å². The maximum absolute atomic E-state index is 14.2. The van der Waals surface area contributed by atoms with Crippen molar-refractivity contribution < 1.29 is 12.8 Å². The van der Waals surface area contributed by atoms with Gasteiger partial charge in [0.2, 0.25) is 10.0 Å². The van der Waals surface area contributed by atoms with Crippen molar-refractivity contribution in [2.75, 3.05) is 4.72 Å². The second kappa shape index (κ2) is 6.05. The van der Waals surface area contributed by atoms with Gasteiger partial charge in [0.25, 0.3) is 5.56 Å². The van der Waals surface area contributed by atoms with Crippen molar-refractivity contribution in [1.82, 2.24) is 4.57 Å². The molecule has 0 atom stereocenters. The SMILES string of the molecule is Cc1ccc(Cc2c(NS(=O)(=O)C3CC3)ccc(=O)n2C)c(F)c1. The molecule has 1 N–H and O–H groups in total. The lowest BCUT2D eigenvalue weighted by atomic mass is 10.1. The Kier molecular flexibility index (Phi) is 4.21. The molecule has 3 rings (SSSR count). The number of aromatic nitrogens is 1. The van der Waals surface area contributed by atoms with E-state index in [9.17, 15) is 17.6 Å². The summed E-state index contributed by atoms with van der Waals surface area (Å²) in [5.41, 5.74) is 1.70. The smallest absolute Gasteiger partial charge is 0.250 e. The van der Waals surface area contributed by atoms with Gasteiger partial charge in [0.05, 0.1) is 10.9 Å². The van der Waals surface area contributed by atoms with E-state index in [-0.39, 0.29) is 23.0 Å². The fourth-order valence-corrected chi connectivity index (χ4v) is 3.99. The molecule has 1 aliphatic carbocycles. The first-order chi connectivity index (χ1) is 11.3. The predicted octanol–water partition coefficient (Wildman–Crippen LogP) is 2.33. The number of nitrogens with zero attached hydrogens (tertiary/aromatic N) is 1. The van der Waals surface area contributed by atoms with Crippen LogP contribution in [0.5, 0.6) is 0 Å². The zero-order valence-electron chi connectivity index (χ0n) is 13.5. The fraction of sp³-hybridized carbons (Fsp3) is 0.353. The molecule has 0 aliphatic heterocycles. The largest absolute Gasteiger partial charge is 0.313 e. The van der Waals surface area contributed by atoms with E-state index in [1.165, 1.54) is 22.8 Å². The lowest BCUT2D eigenvalue weighted by Gasteiger charge is -2.16. The van der Waals surface area contributed by atoms with E-state index >= 15 is 0 Å². The Balaban J connectivity index is 2.01. The van der Waals surface area contributed by atoms with Crippen molar-refractivity contribution in [3.05, 3.63) is 63.3 Å². The first-order valence-electron chi connectivity index (χ1n) is 7.73. The van der Waals surface area contributed by atoms with E-state index in [2.05, 4.69) is 4.72 Å². The lowest BCUT2D eigenvalue weighted by molar-refractivity contribution is 0.599. The number of hydrogen-bond donors (Lipinski definition) is 1. The maximum Gasteiger partial charge on any atom is 0.250 e. The minimum absolute atomic E-state index is 0.126. The summed E-state index contributed by atoms with van der Waals surface area (Å²) in [5.74, 6) is -0.373. The average molecular weight is 350 g/mol. The Hall–Kier alpha value is -2.15. The van der Waals surface area contributed by atoms with Gasteiger partial charge in [0, 0.05) is 25.2 Å². The van der Waals surface area contributed by atoms with Gasteiger partial charge in [-0.05, 0) is 43.0 Å². The predicted molar refractivity (Wildman–Crippen MR) is 91.2 cm³/mol. The summed E-state index contributed by atoms with van der Waals surface area (Å²) in [4.78, 5) is 11.9. The van der Waals surface area contributed by atoms with Gasteiger partial charge in [-0.15, -0.1) is 0 Å². The highest BCUT2D eigenvalue weighted by Gasteiger charge is 2.36. The number of sulfonamides is 1. The molecule has 0 bridgehead atoms. The normalized spacial score (nSPS) is 14.6. The van der Waals surface area contributed by atoms with Crippen LogP contribution in [0.3, 0.4) is 0 Å². The van der Waals surface area contributed by atoms with E-state index in [1.807, 2.05) is 0 Å². The molecule has 1 aromatic carbocycles. The molecule has 0 spiro atoms. The lowest BCUT2D eigenvalue weighted by Crippen LogP contribution is -2.25. The number of hydrogen-bond acceptors (Lipinski definition) is 3. The van der Waals surface area contributed by atoms with Crippen molar-refractivity contribution >= 4 is 15.7 Å². The Morgan fingerprint density at radius 2 is 1.96 bits per heavy atom. The Labute approximate surface area is 140 Å². The number of pyridine rings is 1. The third-order valence-electron chi connectivity index (χ3n) is 4.22. The Bertz CT molecular complexity index is 947. The maximum atomic E-state index is 14.2. The van der Waals surface area contributed by atoms with Crippen molar-refractivity contribution in [3.63, 3.8) is 0 Å². The van der Waals surface area contributed by atoms with Crippen molar-refractivity contribution in [3.8, 4) is 0 Å². The van der Waals surface area contributed by atoms with Crippen LogP contribution >= 0.6 is 0 Å². The summed E-state index contributed by atoms with van der Waals surface area (Å²) in [7, 11) is -1.91. The second-order valence-corrected chi connectivity index (χ2v) is 8.17. The number of benzene rings is 1. The van der Waals surface area contributed by atoms with E-state index in [4.69, 9.17) is 0 Å². The van der Waals surface area contributed by atoms with Gasteiger partial charge in [-0.2, -0.15) is 0 Å². The summed E-state index contributed by atoms with van der Waals surface area (Å²) in [5, 5.41) is -0.376. The number of aryl methyl sites for hydroxylation is 1. The molecule has 1 heterocycles. The van der Waals surface area contributed by atoms with Crippen molar-refractivity contribution in [2.45, 2.75) is 31.4 Å². The highest BCUT2D eigenvalue weighted by atomic mass is 32.2. The van der Waals surface area contributed by atoms with Crippen molar-refractivity contribution in [2.24, 2.45) is 7.05 Å². The zero-order valence-corrected chi connectivity index (χ0v) is 14.4. The van der Waals surface area contributed by atoms with E-state index in [0.29, 0.717) is 29.8 Å². The van der Waals surface area contributed by atoms with Gasteiger partial charge in [-0.3, -0.25) is 9.52 Å². The molecule has 128 valence electrons. The molecular formula is C17H19FN2O3S. The highest BCUT2D eigenvalue weighted by molar-refractivity contribution is 7.93. The molecule has 0 unspecified atom stereocenters. The molecule has 1 saturated carbocycles. The molecule has 0 amide bonds. The molecule has 1 fully saturated rings. The van der Waals surface area contributed by atoms with Gasteiger partial charge < -0.3 is 4.57 Å². The van der Waals surface area contributed by atoms with Crippen LogP contribution < -0.4 is 10.3 Å². The first-order valence-corrected chi connectivity index (χ1v) is 9.28. The fourth-order valence-electron chi connectivity index (χ4n) is 2.57. The zero-order chi connectivity index (χ0) is 17.5. The van der Waals surface area contributed by atoms with Gasteiger partial charge in [0.1, 0.15) is 5.82 Å². The van der Waals surface area contributed by atoms with Gasteiger partial charge >= 0.3 is 0 Å². The molecular weight excluding hydrogens is 331 g/mol. The number of halogens is 1. The van der Waals surface area contributed by atoms with Crippen molar-refractivity contribution in [1.29, 1.82) is 0 Å². The number of rotatable bonds is 5. The van der Waals surface area contributed by atoms with Crippen LogP contribution in [-0.2, 0) is 23.5 Å². The molecule has 5 nitrogen and oxygen atoms in total. The van der Waals surface area contributed by atoms with E-state index < -0.39 is 10.0 Å². The van der Waals surface area contributed by atoms with E-state index in [0.717, 1.165) is 5.56 Å². The third kappa shape index (κ3) is 3.36. The molecule has 7 heteroatoms. The number of anilines is 1. The van der Waals surface area contributed by atoms with Crippen LogP contribution in [-0.4, -0.2) is 18.2 Å². The first kappa shape index (κ1) is 16.7. The molecule has 0 radical (unpaired) electrons. The van der Waals surface area contributed by atoms with Crippen LogP contribution in [0.1, 0.15) is 29.7 Å². The summed E-state index contributed by atoms with van der Waals surface area (Å²) < 4.78 is 42.5. The topological polar surface area (TPSA) is 68.2 Å². The molecule has 2 aromatic rings. The monoisotopic (exact) mass is 350 g/mol. The van der Waals surface area contributed by atoms with Crippen LogP contribution in [0.2, 0.25) is 0 Å². The minimum Gasteiger partial charge on any atom is -0.313 e. The van der Waals surface area contributed by atoms with Gasteiger partial charge in [0.15, 0.2) is 0 Å². The average Bonchev–Trinajstić information content (AvgIpc) is 3.34. The third-order valence-corrected chi connectivity index (χ3v) is 6.07. The van der Waals surface area contributed by atoms with E-state index in [1.54, 1.807) is 26.1 Å². The Morgan fingerprint density at radius 3 is 2.58 bits per heavy atom. The van der Waals surface area contributed by atoms with Gasteiger partial charge in [-0.1, -0.05) is 12.1 Å². The summed E-state index contributed by atoms with van der Waals surface area (Å²) in [6.45, 7) is 1.79. The van der Waals surface area contributed by atoms with Crippen LogP contribution in [0.15, 0.2) is 35.1 Å². The summed E-state index contributed by atoms with van der Waals surface area (Å²) in [6.07, 6.45) is 1.41. The van der Waals surface area contributed by atoms with Crippen LogP contribution in [0.4, 0.5) is 10.1 Å². The highest BCUT2D eigenvalue weighted by Crippen LogP contribution is 2.30. The summed E-state index contributed by atoms with van der Waals surface area (Å²) >= 11 is 0. The standard InChI is InChI=1S/C17H19FN2O3S/c1-11-3-4-12(14(18)9-11)10-16-15(7-8-17(21)20(16)2)19-24(22,23)13-5-6-13/h3-4,7-9,13,19H,5-6,10H2,1-2H3. The quantitative estimate of drug-likeness (QED) is 0.900. The molecule has 1 aromatic heterocycles. The minimum atomic E-state index is -3.46. The molecule has 0 saturated heterocycles. The molecule has 24 heavy (non-hydrogen) atoms. The summed E-state index contributed by atoms with van der Waals surface area (Å²) in [6, 6.07) is 7.61. The van der Waals surface area contributed by atoms with Gasteiger partial charge in [-0.25, -0.2) is 12.8 Å². The Morgan fingerprint density at radius 1 is 1.25 bits per heavy atom. The second-order valence-electron chi connectivity index (χ2n) is 6.21. The van der Waals surface area contributed by atoms with Crippen LogP contribution in [0.25, 0.3) is 0 Å². The molecule has 1 aliphatic rings. The number of nitrogens with one attached hydrogen (secondary N) is 1.